The maximum absolute atomic E-state index is 13.1. The number of ether oxygens (including phenoxy) is 2. The Kier molecular flexibility index (Phi) is 8.05. The van der Waals surface area contributed by atoms with Crippen LogP contribution in [0.15, 0.2) is 47.4 Å². The summed E-state index contributed by atoms with van der Waals surface area (Å²) in [4.78, 5) is 27.8. The number of hydrogen-bond donors (Lipinski definition) is 0. The Morgan fingerprint density at radius 3 is 2.33 bits per heavy atom. The van der Waals surface area contributed by atoms with Crippen molar-refractivity contribution in [1.29, 1.82) is 0 Å². The Morgan fingerprint density at radius 2 is 1.70 bits per heavy atom. The fourth-order valence-corrected chi connectivity index (χ4v) is 4.17. The molecule has 0 spiro atoms. The lowest BCUT2D eigenvalue weighted by molar-refractivity contribution is 0.0836. The molecule has 0 atom stereocenters. The molecule has 1 saturated heterocycles. The van der Waals surface area contributed by atoms with E-state index >= 15 is 0 Å². The summed E-state index contributed by atoms with van der Waals surface area (Å²) in [6, 6.07) is 9.17. The lowest BCUT2D eigenvalue weighted by Crippen LogP contribution is -2.39. The molecule has 0 unspecified atom stereocenters. The maximum Gasteiger partial charge on any atom is 0.274 e. The zero-order valence-electron chi connectivity index (χ0n) is 18.6. The number of ketones is 1. The van der Waals surface area contributed by atoms with Crippen LogP contribution in [-0.4, -0.2) is 54.3 Å². The van der Waals surface area contributed by atoms with E-state index in [1.165, 1.54) is 23.9 Å². The normalized spacial score (nSPS) is 14.6. The van der Waals surface area contributed by atoms with Crippen molar-refractivity contribution in [2.75, 3.05) is 33.9 Å². The molecular formula is C24H27ClFN3O4. The highest BCUT2D eigenvalue weighted by Crippen LogP contribution is 2.30. The second-order valence-corrected chi connectivity index (χ2v) is 7.95. The Bertz CT molecular complexity index is 1170. The number of aromatic nitrogens is 2. The fourth-order valence-electron chi connectivity index (χ4n) is 4.17. The highest BCUT2D eigenvalue weighted by molar-refractivity contribution is 5.97. The summed E-state index contributed by atoms with van der Waals surface area (Å²) in [6.45, 7) is 2.67. The molecule has 1 fully saturated rings. The molecule has 1 aromatic heterocycles. The second kappa shape index (κ2) is 10.8. The predicted octanol–water partition coefficient (Wildman–Crippen LogP) is 3.57. The third-order valence-corrected chi connectivity index (χ3v) is 6.07. The molecule has 4 rings (SSSR count). The summed E-state index contributed by atoms with van der Waals surface area (Å²) in [5, 5.41) is 5.54. The number of carbonyl (C=O) groups excluding carboxylic acids is 1. The first-order valence-corrected chi connectivity index (χ1v) is 10.6. The molecule has 0 aliphatic carbocycles. The van der Waals surface area contributed by atoms with Gasteiger partial charge in [0.1, 0.15) is 5.82 Å². The van der Waals surface area contributed by atoms with Gasteiger partial charge in [0, 0.05) is 23.4 Å². The van der Waals surface area contributed by atoms with Gasteiger partial charge in [-0.1, -0.05) is 0 Å². The molecule has 0 amide bonds. The first kappa shape index (κ1) is 24.7. The van der Waals surface area contributed by atoms with Crippen molar-refractivity contribution in [3.8, 4) is 11.5 Å². The van der Waals surface area contributed by atoms with E-state index in [9.17, 15) is 14.0 Å². The molecule has 9 heteroatoms. The van der Waals surface area contributed by atoms with E-state index in [1.54, 1.807) is 37.6 Å². The summed E-state index contributed by atoms with van der Waals surface area (Å²) in [7, 11) is 3.09. The van der Waals surface area contributed by atoms with Gasteiger partial charge in [0.05, 0.1) is 32.3 Å². The summed E-state index contributed by atoms with van der Waals surface area (Å²) in [5.74, 6) is 0.730. The molecule has 176 valence electrons. The highest BCUT2D eigenvalue weighted by atomic mass is 35.5. The summed E-state index contributed by atoms with van der Waals surface area (Å²) >= 11 is 0. The molecule has 1 aliphatic rings. The van der Waals surface area contributed by atoms with Gasteiger partial charge in [-0.15, -0.1) is 12.4 Å². The van der Waals surface area contributed by atoms with Crippen LogP contribution in [-0.2, 0) is 6.54 Å². The van der Waals surface area contributed by atoms with Crippen LogP contribution in [0.25, 0.3) is 10.8 Å². The molecule has 1 aliphatic heterocycles. The van der Waals surface area contributed by atoms with Gasteiger partial charge < -0.3 is 14.4 Å². The van der Waals surface area contributed by atoms with Crippen molar-refractivity contribution < 1.29 is 18.7 Å². The van der Waals surface area contributed by atoms with Crippen LogP contribution in [0, 0.1) is 11.7 Å². The van der Waals surface area contributed by atoms with Crippen LogP contribution in [0.3, 0.4) is 0 Å². The number of carbonyl (C=O) groups is 1. The summed E-state index contributed by atoms with van der Waals surface area (Å²) in [6.07, 6.45) is 3.15. The fraction of sp³-hybridized carbons (Fsp3) is 0.375. The average molecular weight is 476 g/mol. The zero-order chi connectivity index (χ0) is 22.7. The van der Waals surface area contributed by atoms with Gasteiger partial charge in [0.15, 0.2) is 17.3 Å². The molecular weight excluding hydrogens is 449 g/mol. The van der Waals surface area contributed by atoms with Crippen molar-refractivity contribution in [1.82, 2.24) is 14.7 Å². The Hall–Kier alpha value is -2.97. The molecule has 0 saturated carbocycles. The van der Waals surface area contributed by atoms with E-state index in [0.717, 1.165) is 25.9 Å². The van der Waals surface area contributed by atoms with Crippen molar-refractivity contribution in [3.05, 3.63) is 64.3 Å². The quantitative estimate of drug-likeness (QED) is 0.486. The second-order valence-electron chi connectivity index (χ2n) is 7.95. The number of Topliss-reactive ketones (excluding diaryl/α,β-unsaturated/α-hetero) is 1. The van der Waals surface area contributed by atoms with Gasteiger partial charge in [0.2, 0.25) is 0 Å². The van der Waals surface area contributed by atoms with Crippen molar-refractivity contribution >= 4 is 29.0 Å². The van der Waals surface area contributed by atoms with E-state index in [4.69, 9.17) is 9.47 Å². The van der Waals surface area contributed by atoms with E-state index in [2.05, 4.69) is 10.00 Å². The Labute approximate surface area is 197 Å². The first-order valence-electron chi connectivity index (χ1n) is 10.6. The number of nitrogens with zero attached hydrogens (tertiary/aromatic N) is 3. The molecule has 0 radical (unpaired) electrons. The number of methoxy groups -OCH3 is 2. The highest BCUT2D eigenvalue weighted by Gasteiger charge is 2.25. The molecule has 3 aromatic rings. The van der Waals surface area contributed by atoms with Crippen LogP contribution in [0.5, 0.6) is 11.5 Å². The van der Waals surface area contributed by atoms with Crippen LogP contribution in [0.2, 0.25) is 0 Å². The minimum Gasteiger partial charge on any atom is -0.493 e. The van der Waals surface area contributed by atoms with E-state index in [-0.39, 0.29) is 35.5 Å². The maximum atomic E-state index is 13.1. The van der Waals surface area contributed by atoms with Crippen LogP contribution < -0.4 is 15.0 Å². The molecule has 7 nitrogen and oxygen atoms in total. The standard InChI is InChI=1S/C24H26FN3O4.ClH/c1-31-21-13-18-15-26-28(24(30)20(18)14-22(21)32-2)12-11-27-9-7-17(8-10-27)23(29)16-3-5-19(25)6-4-16;/h3-6,13-15,17H,7-12H2,1-2H3;1H. The summed E-state index contributed by atoms with van der Waals surface area (Å²) in [5.41, 5.74) is 0.383. The van der Waals surface area contributed by atoms with Crippen molar-refractivity contribution in [2.45, 2.75) is 19.4 Å². The van der Waals surface area contributed by atoms with Gasteiger partial charge in [-0.2, -0.15) is 5.10 Å². The van der Waals surface area contributed by atoms with E-state index in [0.29, 0.717) is 40.9 Å². The third-order valence-electron chi connectivity index (χ3n) is 6.07. The number of fused-ring (bicyclic) bond motifs is 1. The lowest BCUT2D eigenvalue weighted by atomic mass is 9.89. The number of benzene rings is 2. The largest absolute Gasteiger partial charge is 0.493 e. The Balaban J connectivity index is 0.00000306. The SMILES string of the molecule is COc1cc2cnn(CCN3CCC(C(=O)c4ccc(F)cc4)CC3)c(=O)c2cc1OC.Cl. The van der Waals surface area contributed by atoms with Crippen LogP contribution >= 0.6 is 12.4 Å². The number of piperidine rings is 1. The third kappa shape index (κ3) is 5.34. The summed E-state index contributed by atoms with van der Waals surface area (Å²) < 4.78 is 25.2. The topological polar surface area (TPSA) is 73.7 Å². The predicted molar refractivity (Wildman–Crippen MR) is 126 cm³/mol. The number of rotatable bonds is 7. The molecule has 0 bridgehead atoms. The minimum atomic E-state index is -0.341. The van der Waals surface area contributed by atoms with Crippen LogP contribution in [0.1, 0.15) is 23.2 Å². The zero-order valence-corrected chi connectivity index (χ0v) is 19.4. The molecule has 33 heavy (non-hydrogen) atoms. The lowest BCUT2D eigenvalue weighted by Gasteiger charge is -2.31. The number of likely N-dealkylation sites (tertiary alicyclic amines) is 1. The van der Waals surface area contributed by atoms with Gasteiger partial charge in [-0.05, 0) is 62.3 Å². The first-order chi connectivity index (χ1) is 15.5. The van der Waals surface area contributed by atoms with Gasteiger partial charge in [0.25, 0.3) is 5.56 Å². The smallest absolute Gasteiger partial charge is 0.274 e. The Morgan fingerprint density at radius 1 is 1.06 bits per heavy atom. The van der Waals surface area contributed by atoms with Crippen molar-refractivity contribution in [3.63, 3.8) is 0 Å². The van der Waals surface area contributed by atoms with E-state index < -0.39 is 0 Å². The minimum absolute atomic E-state index is 0. The van der Waals surface area contributed by atoms with E-state index in [1.807, 2.05) is 0 Å². The van der Waals surface area contributed by atoms with Gasteiger partial charge in [-0.25, -0.2) is 9.07 Å². The molecule has 2 aromatic carbocycles. The number of halogens is 2. The monoisotopic (exact) mass is 475 g/mol. The van der Waals surface area contributed by atoms with Crippen LogP contribution in [0.4, 0.5) is 4.39 Å². The van der Waals surface area contributed by atoms with Crippen molar-refractivity contribution in [2.24, 2.45) is 5.92 Å². The van der Waals surface area contributed by atoms with Gasteiger partial charge in [-0.3, -0.25) is 9.59 Å². The molecule has 0 N–H and O–H groups in total. The average Bonchev–Trinajstić information content (AvgIpc) is 2.83. The van der Waals surface area contributed by atoms with Gasteiger partial charge >= 0.3 is 0 Å². The number of hydrogen-bond acceptors (Lipinski definition) is 6. The molecule has 2 heterocycles.